The van der Waals surface area contributed by atoms with Gasteiger partial charge in [-0.1, -0.05) is 24.5 Å². The van der Waals surface area contributed by atoms with Gasteiger partial charge < -0.3 is 9.84 Å². The number of carbonyl (C=O) groups excluding carboxylic acids is 2. The van der Waals surface area contributed by atoms with Gasteiger partial charge in [-0.2, -0.15) is 5.10 Å². The minimum absolute atomic E-state index is 0.124. The third kappa shape index (κ3) is 7.99. The lowest BCUT2D eigenvalue weighted by molar-refractivity contribution is -0.140. The molecule has 1 aromatic carbocycles. The number of methoxy groups -OCH3 is 1. The van der Waals surface area contributed by atoms with Crippen molar-refractivity contribution in [1.82, 2.24) is 5.43 Å². The Bertz CT molecular complexity index is 556. The second kappa shape index (κ2) is 10.4. The van der Waals surface area contributed by atoms with Crippen LogP contribution in [0.15, 0.2) is 23.3 Å². The maximum atomic E-state index is 11.6. The predicted octanol–water partition coefficient (Wildman–Crippen LogP) is 2.66. The van der Waals surface area contributed by atoms with Crippen molar-refractivity contribution >= 4 is 18.1 Å². The number of hydrogen-bond donors (Lipinski definition) is 2. The molecule has 0 saturated heterocycles. The molecule has 6 heteroatoms. The van der Waals surface area contributed by atoms with Crippen LogP contribution in [0, 0.1) is 6.92 Å². The average Bonchev–Trinajstić information content (AvgIpc) is 2.53. The Hall–Kier alpha value is -2.37. The topological polar surface area (TPSA) is 88.0 Å². The number of esters is 1. The van der Waals surface area contributed by atoms with Crippen molar-refractivity contribution in [2.24, 2.45) is 5.10 Å². The molecule has 6 nitrogen and oxygen atoms in total. The Kier molecular flexibility index (Phi) is 8.42. The number of ether oxygens (including phenoxy) is 1. The second-order valence-corrected chi connectivity index (χ2v) is 5.35. The largest absolute Gasteiger partial charge is 0.507 e. The monoisotopic (exact) mass is 320 g/mol. The van der Waals surface area contributed by atoms with Crippen LogP contribution in [-0.4, -0.2) is 30.3 Å². The molecule has 0 atom stereocenters. The van der Waals surface area contributed by atoms with Crippen LogP contribution in [0.2, 0.25) is 0 Å². The van der Waals surface area contributed by atoms with E-state index in [1.165, 1.54) is 13.3 Å². The maximum absolute atomic E-state index is 11.6. The highest BCUT2D eigenvalue weighted by molar-refractivity contribution is 5.85. The van der Waals surface area contributed by atoms with Crippen LogP contribution in [0.25, 0.3) is 0 Å². The number of amides is 1. The Labute approximate surface area is 136 Å². The number of hydrogen-bond acceptors (Lipinski definition) is 5. The Morgan fingerprint density at radius 1 is 1.22 bits per heavy atom. The summed E-state index contributed by atoms with van der Waals surface area (Å²) in [5, 5.41) is 13.5. The van der Waals surface area contributed by atoms with E-state index >= 15 is 0 Å². The number of hydrazone groups is 1. The van der Waals surface area contributed by atoms with Crippen LogP contribution in [0.5, 0.6) is 5.75 Å². The maximum Gasteiger partial charge on any atom is 0.305 e. The van der Waals surface area contributed by atoms with E-state index in [2.05, 4.69) is 15.3 Å². The zero-order valence-corrected chi connectivity index (χ0v) is 13.7. The van der Waals surface area contributed by atoms with E-state index in [-0.39, 0.29) is 17.6 Å². The van der Waals surface area contributed by atoms with Gasteiger partial charge in [0.05, 0.1) is 13.3 Å². The number of carbonyl (C=O) groups is 2. The minimum atomic E-state index is -0.198. The molecule has 0 aliphatic carbocycles. The van der Waals surface area contributed by atoms with E-state index in [9.17, 15) is 14.7 Å². The van der Waals surface area contributed by atoms with Crippen molar-refractivity contribution in [3.05, 3.63) is 29.3 Å². The molecule has 0 fully saturated rings. The van der Waals surface area contributed by atoms with Gasteiger partial charge >= 0.3 is 5.97 Å². The van der Waals surface area contributed by atoms with Crippen LogP contribution >= 0.6 is 0 Å². The zero-order valence-electron chi connectivity index (χ0n) is 13.7. The molecule has 1 amide bonds. The van der Waals surface area contributed by atoms with Crippen LogP contribution in [0.3, 0.4) is 0 Å². The SMILES string of the molecule is COC(=O)CCCCCCC(=O)N/N=C/c1cc(C)ccc1O. The molecule has 0 radical (unpaired) electrons. The van der Waals surface area contributed by atoms with E-state index in [1.54, 1.807) is 18.2 Å². The molecule has 0 bridgehead atoms. The number of rotatable bonds is 9. The summed E-state index contributed by atoms with van der Waals surface area (Å²) in [6.07, 6.45) is 5.53. The first-order chi connectivity index (χ1) is 11.0. The number of nitrogens with zero attached hydrogens (tertiary/aromatic N) is 1. The van der Waals surface area contributed by atoms with Crippen molar-refractivity contribution in [3.8, 4) is 5.75 Å². The van der Waals surface area contributed by atoms with Gasteiger partial charge in [-0.05, 0) is 31.9 Å². The summed E-state index contributed by atoms with van der Waals surface area (Å²) < 4.78 is 4.55. The van der Waals surface area contributed by atoms with Crippen molar-refractivity contribution in [2.45, 2.75) is 45.4 Å². The number of nitrogens with one attached hydrogen (secondary N) is 1. The van der Waals surface area contributed by atoms with E-state index in [0.29, 0.717) is 18.4 Å². The van der Waals surface area contributed by atoms with Crippen LogP contribution in [0.1, 0.15) is 49.7 Å². The fourth-order valence-electron chi connectivity index (χ4n) is 2.02. The van der Waals surface area contributed by atoms with E-state index < -0.39 is 0 Å². The zero-order chi connectivity index (χ0) is 17.1. The quantitative estimate of drug-likeness (QED) is 0.317. The molecule has 1 aromatic rings. The number of unbranched alkanes of at least 4 members (excludes halogenated alkanes) is 3. The summed E-state index contributed by atoms with van der Waals surface area (Å²) in [4.78, 5) is 22.5. The molecule has 23 heavy (non-hydrogen) atoms. The van der Waals surface area contributed by atoms with Gasteiger partial charge in [-0.15, -0.1) is 0 Å². The normalized spacial score (nSPS) is 10.7. The number of aryl methyl sites for hydroxylation is 1. The van der Waals surface area contributed by atoms with Crippen LogP contribution < -0.4 is 5.43 Å². The molecule has 0 heterocycles. The fraction of sp³-hybridized carbons (Fsp3) is 0.471. The molecular weight excluding hydrogens is 296 g/mol. The van der Waals surface area contributed by atoms with Crippen molar-refractivity contribution in [1.29, 1.82) is 0 Å². The van der Waals surface area contributed by atoms with Gasteiger partial charge in [0.1, 0.15) is 5.75 Å². The second-order valence-electron chi connectivity index (χ2n) is 5.35. The predicted molar refractivity (Wildman–Crippen MR) is 88.3 cm³/mol. The summed E-state index contributed by atoms with van der Waals surface area (Å²) >= 11 is 0. The standard InChI is InChI=1S/C17H24N2O4/c1-13-9-10-15(20)14(11-13)12-18-19-16(21)7-5-3-4-6-8-17(22)23-2/h9-12,20H,3-8H2,1-2H3,(H,19,21)/b18-12+. The van der Waals surface area contributed by atoms with E-state index in [1.807, 2.05) is 6.92 Å². The molecule has 0 aliphatic rings. The minimum Gasteiger partial charge on any atom is -0.507 e. The molecule has 1 rings (SSSR count). The molecule has 0 aliphatic heterocycles. The third-order valence-electron chi connectivity index (χ3n) is 3.34. The lowest BCUT2D eigenvalue weighted by atomic mass is 10.1. The van der Waals surface area contributed by atoms with Crippen molar-refractivity contribution in [2.75, 3.05) is 7.11 Å². The highest BCUT2D eigenvalue weighted by atomic mass is 16.5. The van der Waals surface area contributed by atoms with Crippen molar-refractivity contribution < 1.29 is 19.4 Å². The fourth-order valence-corrected chi connectivity index (χ4v) is 2.02. The highest BCUT2D eigenvalue weighted by Crippen LogP contribution is 2.15. The van der Waals surface area contributed by atoms with Crippen LogP contribution in [-0.2, 0) is 14.3 Å². The van der Waals surface area contributed by atoms with Crippen molar-refractivity contribution in [3.63, 3.8) is 0 Å². The molecule has 0 spiro atoms. The average molecular weight is 320 g/mol. The summed E-state index contributed by atoms with van der Waals surface area (Å²) in [6.45, 7) is 1.91. The Morgan fingerprint density at radius 3 is 2.61 bits per heavy atom. The van der Waals surface area contributed by atoms with Gasteiger partial charge in [-0.3, -0.25) is 9.59 Å². The molecule has 0 aromatic heterocycles. The lowest BCUT2D eigenvalue weighted by Gasteiger charge is -2.02. The molecular formula is C17H24N2O4. The number of phenolic OH excluding ortho intramolecular Hbond substituents is 1. The molecule has 0 saturated carbocycles. The highest BCUT2D eigenvalue weighted by Gasteiger charge is 2.02. The number of aromatic hydroxyl groups is 1. The Morgan fingerprint density at radius 2 is 1.91 bits per heavy atom. The van der Waals surface area contributed by atoms with Gasteiger partial charge in [0.15, 0.2) is 0 Å². The third-order valence-corrected chi connectivity index (χ3v) is 3.34. The summed E-state index contributed by atoms with van der Waals surface area (Å²) in [5.41, 5.74) is 4.01. The van der Waals surface area contributed by atoms with Gasteiger partial charge in [0.25, 0.3) is 0 Å². The van der Waals surface area contributed by atoms with Gasteiger partial charge in [0.2, 0.25) is 5.91 Å². The molecule has 2 N–H and O–H groups in total. The van der Waals surface area contributed by atoms with E-state index in [0.717, 1.165) is 31.2 Å². The summed E-state index contributed by atoms with van der Waals surface area (Å²) in [5.74, 6) is -0.239. The molecule has 126 valence electrons. The first kappa shape index (κ1) is 18.7. The molecule has 0 unspecified atom stereocenters. The lowest BCUT2D eigenvalue weighted by Crippen LogP contribution is -2.16. The Balaban J connectivity index is 2.18. The number of phenols is 1. The first-order valence-electron chi connectivity index (χ1n) is 7.71. The van der Waals surface area contributed by atoms with Gasteiger partial charge in [-0.25, -0.2) is 5.43 Å². The smallest absolute Gasteiger partial charge is 0.305 e. The van der Waals surface area contributed by atoms with Crippen LogP contribution in [0.4, 0.5) is 0 Å². The van der Waals surface area contributed by atoms with Gasteiger partial charge in [0, 0.05) is 18.4 Å². The first-order valence-corrected chi connectivity index (χ1v) is 7.71. The summed E-state index contributed by atoms with van der Waals surface area (Å²) in [6, 6.07) is 5.17. The number of benzene rings is 1. The van der Waals surface area contributed by atoms with E-state index in [4.69, 9.17) is 0 Å². The summed E-state index contributed by atoms with van der Waals surface area (Å²) in [7, 11) is 1.38.